The van der Waals surface area contributed by atoms with E-state index in [1.165, 1.54) is 29.8 Å². The van der Waals surface area contributed by atoms with Gasteiger partial charge in [0.25, 0.3) is 0 Å². The summed E-state index contributed by atoms with van der Waals surface area (Å²) in [6.07, 6.45) is 2.77. The van der Waals surface area contributed by atoms with Crippen LogP contribution in [0.25, 0.3) is 0 Å². The molecule has 0 aliphatic rings. The van der Waals surface area contributed by atoms with Gasteiger partial charge in [-0.05, 0) is 42.8 Å². The van der Waals surface area contributed by atoms with E-state index in [0.717, 1.165) is 5.75 Å². The maximum atomic E-state index is 13.4. The van der Waals surface area contributed by atoms with Gasteiger partial charge in [0, 0.05) is 25.5 Å². The number of hydrogen-bond acceptors (Lipinski definition) is 7. The number of rotatable bonds is 14. The van der Waals surface area contributed by atoms with E-state index in [-0.39, 0.29) is 24.4 Å². The quantitative estimate of drug-likeness (QED) is 0.307. The molecule has 180 valence electrons. The Morgan fingerprint density at radius 3 is 2.47 bits per heavy atom. The highest BCUT2D eigenvalue weighted by Crippen LogP contribution is 2.31. The standard InChI is InChI=1S/C25H28N2O6S/c1-30-24-13-12-23(19-25(24)33-18-8-17-31-21-9-3-2-4-10-21)34(28,29)27(15-6-5-14-26)20-22-11-7-16-32-22/h2-4,7,9-13,16,19H,5-6,8,15,17-18,20H2,1H3. The molecule has 3 aromatic rings. The number of methoxy groups -OCH3 is 1. The van der Waals surface area contributed by atoms with Crippen LogP contribution in [0.1, 0.15) is 25.0 Å². The summed E-state index contributed by atoms with van der Waals surface area (Å²) in [5, 5.41) is 8.86. The van der Waals surface area contributed by atoms with Gasteiger partial charge in [-0.15, -0.1) is 0 Å². The minimum absolute atomic E-state index is 0.0693. The molecule has 0 atom stereocenters. The lowest BCUT2D eigenvalue weighted by Gasteiger charge is -2.21. The first-order valence-electron chi connectivity index (χ1n) is 10.9. The number of nitrogens with zero attached hydrogens (tertiary/aromatic N) is 2. The van der Waals surface area contributed by atoms with E-state index in [1.807, 2.05) is 36.4 Å². The summed E-state index contributed by atoms with van der Waals surface area (Å²) in [5.74, 6) is 2.06. The number of furan rings is 1. The number of sulfonamides is 1. The third kappa shape index (κ3) is 7.01. The van der Waals surface area contributed by atoms with Gasteiger partial charge >= 0.3 is 0 Å². The molecular weight excluding hydrogens is 456 g/mol. The number of ether oxygens (including phenoxy) is 3. The summed E-state index contributed by atoms with van der Waals surface area (Å²) in [5.41, 5.74) is 0. The zero-order valence-electron chi connectivity index (χ0n) is 19.1. The Balaban J connectivity index is 1.69. The Morgan fingerprint density at radius 2 is 1.76 bits per heavy atom. The lowest BCUT2D eigenvalue weighted by atomic mass is 10.3. The first-order chi connectivity index (χ1) is 16.5. The predicted octanol–water partition coefficient (Wildman–Crippen LogP) is 4.63. The fourth-order valence-corrected chi connectivity index (χ4v) is 4.68. The molecular formula is C25H28N2O6S. The van der Waals surface area contributed by atoms with Crippen molar-refractivity contribution < 1.29 is 27.0 Å². The average molecular weight is 485 g/mol. The lowest BCUT2D eigenvalue weighted by molar-refractivity contribution is 0.240. The maximum absolute atomic E-state index is 13.4. The van der Waals surface area contributed by atoms with Crippen LogP contribution in [0.4, 0.5) is 0 Å². The number of unbranched alkanes of at least 4 members (excludes halogenated alkanes) is 1. The van der Waals surface area contributed by atoms with Crippen molar-refractivity contribution in [3.8, 4) is 23.3 Å². The molecule has 0 bridgehead atoms. The van der Waals surface area contributed by atoms with Crippen molar-refractivity contribution in [1.82, 2.24) is 4.31 Å². The summed E-state index contributed by atoms with van der Waals surface area (Å²) in [6, 6.07) is 19.5. The molecule has 0 spiro atoms. The third-order valence-electron chi connectivity index (χ3n) is 4.94. The Bertz CT molecular complexity index is 1160. The molecule has 1 aromatic heterocycles. The van der Waals surface area contributed by atoms with Gasteiger partial charge in [0.2, 0.25) is 10.0 Å². The van der Waals surface area contributed by atoms with Crippen molar-refractivity contribution in [3.63, 3.8) is 0 Å². The van der Waals surface area contributed by atoms with Gasteiger partial charge < -0.3 is 18.6 Å². The van der Waals surface area contributed by atoms with Crippen LogP contribution >= 0.6 is 0 Å². The van der Waals surface area contributed by atoms with Crippen LogP contribution < -0.4 is 14.2 Å². The molecule has 9 heteroatoms. The van der Waals surface area contributed by atoms with Gasteiger partial charge in [-0.2, -0.15) is 9.57 Å². The Labute approximate surface area is 200 Å². The van der Waals surface area contributed by atoms with Gasteiger partial charge in [0.1, 0.15) is 11.5 Å². The summed E-state index contributed by atoms with van der Waals surface area (Å²) in [4.78, 5) is 0.0762. The minimum atomic E-state index is -3.87. The molecule has 0 radical (unpaired) electrons. The largest absolute Gasteiger partial charge is 0.493 e. The molecule has 0 unspecified atom stereocenters. The number of hydrogen-bond donors (Lipinski definition) is 0. The van der Waals surface area contributed by atoms with Gasteiger partial charge in [-0.1, -0.05) is 18.2 Å². The predicted molar refractivity (Wildman–Crippen MR) is 126 cm³/mol. The first kappa shape index (κ1) is 25.1. The molecule has 0 saturated heterocycles. The zero-order chi connectivity index (χ0) is 24.2. The van der Waals surface area contributed by atoms with Crippen LogP contribution in [0, 0.1) is 11.3 Å². The van der Waals surface area contributed by atoms with Crippen LogP contribution in [0.5, 0.6) is 17.2 Å². The summed E-state index contributed by atoms with van der Waals surface area (Å²) >= 11 is 0. The average Bonchev–Trinajstić information content (AvgIpc) is 3.37. The molecule has 1 heterocycles. The molecule has 0 saturated carbocycles. The monoisotopic (exact) mass is 484 g/mol. The topological polar surface area (TPSA) is 102 Å². The molecule has 34 heavy (non-hydrogen) atoms. The van der Waals surface area contributed by atoms with Gasteiger partial charge in [-0.3, -0.25) is 0 Å². The van der Waals surface area contributed by atoms with E-state index in [4.69, 9.17) is 23.9 Å². The highest BCUT2D eigenvalue weighted by atomic mass is 32.2. The molecule has 0 fully saturated rings. The third-order valence-corrected chi connectivity index (χ3v) is 6.78. The van der Waals surface area contributed by atoms with Crippen molar-refractivity contribution in [2.45, 2.75) is 30.7 Å². The second kappa shape index (κ2) is 12.7. The van der Waals surface area contributed by atoms with Crippen LogP contribution in [0.15, 0.2) is 76.2 Å². The fourth-order valence-electron chi connectivity index (χ4n) is 3.22. The SMILES string of the molecule is COc1ccc(S(=O)(=O)N(CCCC#N)Cc2ccco2)cc1OCCCOc1ccccc1. The highest BCUT2D eigenvalue weighted by molar-refractivity contribution is 7.89. The molecule has 0 aliphatic heterocycles. The van der Waals surface area contributed by atoms with Crippen molar-refractivity contribution in [3.05, 3.63) is 72.7 Å². The smallest absolute Gasteiger partial charge is 0.243 e. The molecule has 0 amide bonds. The lowest BCUT2D eigenvalue weighted by Crippen LogP contribution is -2.31. The van der Waals surface area contributed by atoms with Crippen LogP contribution in [-0.4, -0.2) is 39.6 Å². The first-order valence-corrected chi connectivity index (χ1v) is 12.4. The van der Waals surface area contributed by atoms with Gasteiger partial charge in [0.15, 0.2) is 11.5 Å². The second-order valence-corrected chi connectivity index (χ2v) is 9.29. The van der Waals surface area contributed by atoms with Crippen molar-refractivity contribution in [1.29, 1.82) is 5.26 Å². The van der Waals surface area contributed by atoms with Crippen molar-refractivity contribution >= 4 is 10.0 Å². The molecule has 2 aromatic carbocycles. The summed E-state index contributed by atoms with van der Waals surface area (Å²) in [6.45, 7) is 1.04. The molecule has 3 rings (SSSR count). The normalized spacial score (nSPS) is 11.2. The number of benzene rings is 2. The maximum Gasteiger partial charge on any atom is 0.243 e. The number of nitriles is 1. The Morgan fingerprint density at radius 1 is 0.971 bits per heavy atom. The van der Waals surface area contributed by atoms with Crippen molar-refractivity contribution in [2.24, 2.45) is 0 Å². The van der Waals surface area contributed by atoms with E-state index in [0.29, 0.717) is 43.3 Å². The van der Waals surface area contributed by atoms with E-state index < -0.39 is 10.0 Å². The van der Waals surface area contributed by atoms with Crippen LogP contribution in [0.3, 0.4) is 0 Å². The second-order valence-electron chi connectivity index (χ2n) is 7.36. The summed E-state index contributed by atoms with van der Waals surface area (Å²) in [7, 11) is -2.37. The zero-order valence-corrected chi connectivity index (χ0v) is 19.9. The van der Waals surface area contributed by atoms with Gasteiger partial charge in [0.05, 0.1) is 44.1 Å². The van der Waals surface area contributed by atoms with Crippen LogP contribution in [0.2, 0.25) is 0 Å². The van der Waals surface area contributed by atoms with E-state index >= 15 is 0 Å². The van der Waals surface area contributed by atoms with E-state index in [9.17, 15) is 8.42 Å². The highest BCUT2D eigenvalue weighted by Gasteiger charge is 2.26. The summed E-state index contributed by atoms with van der Waals surface area (Å²) < 4.78 is 50.3. The number of para-hydroxylation sites is 1. The van der Waals surface area contributed by atoms with Crippen LogP contribution in [-0.2, 0) is 16.6 Å². The Hall–Kier alpha value is -3.48. The molecule has 0 aliphatic carbocycles. The van der Waals surface area contributed by atoms with Crippen molar-refractivity contribution in [2.75, 3.05) is 26.9 Å². The molecule has 8 nitrogen and oxygen atoms in total. The van der Waals surface area contributed by atoms with E-state index in [2.05, 4.69) is 0 Å². The minimum Gasteiger partial charge on any atom is -0.493 e. The Kier molecular flexibility index (Phi) is 9.38. The van der Waals surface area contributed by atoms with Gasteiger partial charge in [-0.25, -0.2) is 8.42 Å². The molecule has 0 N–H and O–H groups in total. The van der Waals surface area contributed by atoms with E-state index in [1.54, 1.807) is 18.2 Å². The fraction of sp³-hybridized carbons (Fsp3) is 0.320.